The van der Waals surface area contributed by atoms with Gasteiger partial charge in [-0.1, -0.05) is 65.6 Å². The zero-order chi connectivity index (χ0) is 20.9. The van der Waals surface area contributed by atoms with E-state index in [1.165, 1.54) is 0 Å². The van der Waals surface area contributed by atoms with Gasteiger partial charge in [-0.05, 0) is 17.8 Å². The third-order valence-corrected chi connectivity index (χ3v) is 5.05. The van der Waals surface area contributed by atoms with E-state index in [2.05, 4.69) is 34.6 Å². The molecule has 0 N–H and O–H groups in total. The summed E-state index contributed by atoms with van der Waals surface area (Å²) < 4.78 is 5.97. The van der Waals surface area contributed by atoms with Crippen LogP contribution in [0.5, 0.6) is 0 Å². The predicted octanol–water partition coefficient (Wildman–Crippen LogP) is 7.43. The van der Waals surface area contributed by atoms with Gasteiger partial charge in [0, 0.05) is 11.6 Å². The van der Waals surface area contributed by atoms with Gasteiger partial charge in [-0.2, -0.15) is 42.1 Å². The van der Waals surface area contributed by atoms with Crippen LogP contribution >= 0.6 is 0 Å². The van der Waals surface area contributed by atoms with Gasteiger partial charge in [-0.15, -0.1) is 18.2 Å². The number of hydrogen-bond acceptors (Lipinski definition) is 2. The first-order valence-electron chi connectivity index (χ1n) is 10.1. The second-order valence-corrected chi connectivity index (χ2v) is 7.05. The maximum Gasteiger partial charge on any atom is 3.00 e. The van der Waals surface area contributed by atoms with Crippen LogP contribution in [0.4, 0.5) is 0 Å². The van der Waals surface area contributed by atoms with Crippen molar-refractivity contribution in [2.24, 2.45) is 0 Å². The zero-order valence-electron chi connectivity index (χ0n) is 17.1. The van der Waals surface area contributed by atoms with E-state index in [4.69, 9.17) is 4.42 Å². The standard InChI is InChI=1S/C17H10NO.C11H9N.Ir/c1-2-10-16-12(6-1)13-7-5-8-14(17(13)19-16)15-9-3-4-11-18-15;1-2-6-10(7-3-1)11-8-4-5-9-12-11;/h1-7,9-11H;1-6,8-9,11H;/q-1;-2;+3. The number of allylic oxidation sites excluding steroid dienone is 2. The molecule has 0 spiro atoms. The second kappa shape index (κ2) is 10.2. The first-order chi connectivity index (χ1) is 15.4. The molecule has 1 atom stereocenters. The van der Waals surface area contributed by atoms with Crippen molar-refractivity contribution < 1.29 is 24.5 Å². The summed E-state index contributed by atoms with van der Waals surface area (Å²) in [5.41, 5.74) is 4.66. The van der Waals surface area contributed by atoms with Crippen molar-refractivity contribution in [3.05, 3.63) is 133 Å². The average molecular weight is 592 g/mol. The van der Waals surface area contributed by atoms with Crippen LogP contribution in [0.1, 0.15) is 11.6 Å². The molecule has 0 saturated carbocycles. The molecule has 1 unspecified atom stereocenters. The molecule has 3 nitrogen and oxygen atoms in total. The van der Waals surface area contributed by atoms with Crippen molar-refractivity contribution in [2.45, 2.75) is 6.04 Å². The van der Waals surface area contributed by atoms with E-state index >= 15 is 0 Å². The summed E-state index contributed by atoms with van der Waals surface area (Å²) in [6, 6.07) is 32.3. The van der Waals surface area contributed by atoms with E-state index in [1.807, 2.05) is 91.1 Å². The maximum atomic E-state index is 5.97. The summed E-state index contributed by atoms with van der Waals surface area (Å²) in [6.07, 6.45) is 9.61. The van der Waals surface area contributed by atoms with Gasteiger partial charge in [0.2, 0.25) is 0 Å². The first-order valence-corrected chi connectivity index (χ1v) is 10.1. The van der Waals surface area contributed by atoms with Crippen LogP contribution < -0.4 is 0 Å². The molecule has 3 heterocycles. The van der Waals surface area contributed by atoms with Gasteiger partial charge < -0.3 is 14.7 Å². The van der Waals surface area contributed by atoms with Gasteiger partial charge in [0.1, 0.15) is 5.58 Å². The Morgan fingerprint density at radius 1 is 0.812 bits per heavy atom. The smallest absolute Gasteiger partial charge is 0.683 e. The molecule has 1 aliphatic heterocycles. The molecule has 6 rings (SSSR count). The first kappa shape index (κ1) is 21.8. The molecule has 0 amide bonds. The number of hydrogen-bond donors (Lipinski definition) is 0. The number of para-hydroxylation sites is 1. The minimum atomic E-state index is 0. The number of nitrogens with zero attached hydrogens (tertiary/aromatic N) is 2. The van der Waals surface area contributed by atoms with Crippen LogP contribution in [0.2, 0.25) is 0 Å². The number of benzene rings is 3. The number of pyridine rings is 1. The third kappa shape index (κ3) is 4.57. The minimum Gasteiger partial charge on any atom is -0.683 e. The zero-order valence-corrected chi connectivity index (χ0v) is 19.5. The number of furan rings is 1. The molecule has 156 valence electrons. The second-order valence-electron chi connectivity index (χ2n) is 7.05. The Bertz CT molecular complexity index is 1360. The molecular formula is C28H19IrN2O. The topological polar surface area (TPSA) is 40.1 Å². The fourth-order valence-electron chi connectivity index (χ4n) is 3.58. The van der Waals surface area contributed by atoms with Crippen molar-refractivity contribution in [1.82, 2.24) is 4.98 Å². The summed E-state index contributed by atoms with van der Waals surface area (Å²) in [7, 11) is 0. The normalized spacial score (nSPS) is 14.3. The summed E-state index contributed by atoms with van der Waals surface area (Å²) in [6.45, 7) is 0. The molecule has 0 radical (unpaired) electrons. The van der Waals surface area contributed by atoms with Crippen LogP contribution in [0, 0.1) is 12.1 Å². The summed E-state index contributed by atoms with van der Waals surface area (Å²) in [5.74, 6) is 0. The molecule has 32 heavy (non-hydrogen) atoms. The van der Waals surface area contributed by atoms with Gasteiger partial charge in [0.05, 0.1) is 5.58 Å². The fourth-order valence-corrected chi connectivity index (χ4v) is 3.58. The van der Waals surface area contributed by atoms with Crippen LogP contribution in [0.3, 0.4) is 0 Å². The maximum absolute atomic E-state index is 5.97. The largest absolute Gasteiger partial charge is 3.00 e. The van der Waals surface area contributed by atoms with Crippen LogP contribution in [0.25, 0.3) is 38.5 Å². The Morgan fingerprint density at radius 2 is 1.69 bits per heavy atom. The quantitative estimate of drug-likeness (QED) is 0.200. The molecule has 0 saturated heterocycles. The SMILES string of the molecule is [Ir+3].[c-]1ccc2c(oc3ccccc32)c1-c1ccccn1.[c-]1ccccc1C1C=CC=C[N-]1. The van der Waals surface area contributed by atoms with Crippen LogP contribution in [-0.2, 0) is 20.1 Å². The average Bonchev–Trinajstić information content (AvgIpc) is 3.25. The van der Waals surface area contributed by atoms with Gasteiger partial charge >= 0.3 is 20.1 Å². The van der Waals surface area contributed by atoms with Crippen LogP contribution in [-0.4, -0.2) is 4.98 Å². The Morgan fingerprint density at radius 3 is 2.47 bits per heavy atom. The molecule has 4 heteroatoms. The van der Waals surface area contributed by atoms with Crippen molar-refractivity contribution >= 4 is 21.9 Å². The Labute approximate surface area is 200 Å². The van der Waals surface area contributed by atoms with Crippen molar-refractivity contribution in [1.29, 1.82) is 0 Å². The molecular weight excluding hydrogens is 573 g/mol. The minimum absolute atomic E-state index is 0. The van der Waals surface area contributed by atoms with Crippen LogP contribution in [0.15, 0.2) is 114 Å². The number of rotatable bonds is 2. The van der Waals surface area contributed by atoms with E-state index in [1.54, 1.807) is 6.20 Å². The molecule has 0 fully saturated rings. The van der Waals surface area contributed by atoms with Crippen molar-refractivity contribution in [3.8, 4) is 11.3 Å². The summed E-state index contributed by atoms with van der Waals surface area (Å²) >= 11 is 0. The van der Waals surface area contributed by atoms with Gasteiger partial charge in [-0.25, -0.2) is 0 Å². The summed E-state index contributed by atoms with van der Waals surface area (Å²) in [4.78, 5) is 4.38. The Kier molecular flexibility index (Phi) is 6.96. The number of aromatic nitrogens is 1. The van der Waals surface area contributed by atoms with Gasteiger partial charge in [0.15, 0.2) is 0 Å². The monoisotopic (exact) mass is 592 g/mol. The molecule has 2 aromatic heterocycles. The molecule has 5 aromatic rings. The van der Waals surface area contributed by atoms with E-state index in [9.17, 15) is 0 Å². The Balaban J connectivity index is 0.000000164. The predicted molar refractivity (Wildman–Crippen MR) is 125 cm³/mol. The molecule has 1 aliphatic rings. The molecule has 0 bridgehead atoms. The number of fused-ring (bicyclic) bond motifs is 3. The molecule has 0 aliphatic carbocycles. The Hall–Kier alpha value is -3.46. The van der Waals surface area contributed by atoms with Crippen molar-refractivity contribution in [3.63, 3.8) is 0 Å². The fraction of sp³-hybridized carbons (Fsp3) is 0.0357. The van der Waals surface area contributed by atoms with E-state index < -0.39 is 0 Å². The third-order valence-electron chi connectivity index (χ3n) is 5.05. The van der Waals surface area contributed by atoms with Gasteiger partial charge in [-0.3, -0.25) is 0 Å². The van der Waals surface area contributed by atoms with Crippen molar-refractivity contribution in [2.75, 3.05) is 0 Å². The van der Waals surface area contributed by atoms with E-state index in [-0.39, 0.29) is 26.1 Å². The summed E-state index contributed by atoms with van der Waals surface area (Å²) in [5, 5.41) is 6.54. The van der Waals surface area contributed by atoms with E-state index in [0.717, 1.165) is 38.8 Å². The van der Waals surface area contributed by atoms with Gasteiger partial charge in [0.25, 0.3) is 0 Å². The van der Waals surface area contributed by atoms with E-state index in [0.29, 0.717) is 0 Å². The molecule has 3 aromatic carbocycles.